The topological polar surface area (TPSA) is 29.5 Å². The highest BCUT2D eigenvalue weighted by Gasteiger charge is 2.34. The lowest BCUT2D eigenvalue weighted by Gasteiger charge is -2.36. The lowest BCUT2D eigenvalue weighted by Crippen LogP contribution is -2.40. The highest BCUT2D eigenvalue weighted by molar-refractivity contribution is 6.30. The Morgan fingerprint density at radius 3 is 2.76 bits per heavy atom. The molecule has 2 unspecified atom stereocenters. The van der Waals surface area contributed by atoms with Gasteiger partial charge in [0.1, 0.15) is 0 Å². The summed E-state index contributed by atoms with van der Waals surface area (Å²) in [6.07, 6.45) is 4.55. The number of rotatable bonds is 3. The maximum absolute atomic E-state index is 10.6. The molecule has 1 N–H and O–H groups in total. The number of ether oxygens (including phenoxy) is 1. The summed E-state index contributed by atoms with van der Waals surface area (Å²) in [6.45, 7) is 0. The van der Waals surface area contributed by atoms with Gasteiger partial charge in [-0.25, -0.2) is 0 Å². The zero-order chi connectivity index (χ0) is 12.3. The summed E-state index contributed by atoms with van der Waals surface area (Å²) in [5.41, 5.74) is 0.515. The van der Waals surface area contributed by atoms with E-state index in [2.05, 4.69) is 0 Å². The van der Waals surface area contributed by atoms with Gasteiger partial charge in [0.25, 0.3) is 0 Å². The second kappa shape index (κ2) is 5.38. The van der Waals surface area contributed by atoms with E-state index < -0.39 is 5.60 Å². The molecule has 1 aromatic rings. The summed E-state index contributed by atoms with van der Waals surface area (Å²) >= 11 is 5.85. The predicted octanol–water partition coefficient (Wildman–Crippen LogP) is 3.20. The van der Waals surface area contributed by atoms with Crippen LogP contribution in [0.15, 0.2) is 24.3 Å². The van der Waals surface area contributed by atoms with Crippen LogP contribution in [0.3, 0.4) is 0 Å². The van der Waals surface area contributed by atoms with E-state index in [-0.39, 0.29) is 6.10 Å². The first-order chi connectivity index (χ1) is 8.11. The van der Waals surface area contributed by atoms with Gasteiger partial charge in [-0.1, -0.05) is 23.7 Å². The SMILES string of the molecule is COC1CCCC(O)(Cc2ccc(Cl)cc2)C1. The van der Waals surface area contributed by atoms with Crippen molar-refractivity contribution in [3.63, 3.8) is 0 Å². The number of hydrogen-bond donors (Lipinski definition) is 1. The first kappa shape index (κ1) is 12.9. The molecule has 3 heteroatoms. The molecular formula is C14H19ClO2. The molecule has 1 aliphatic carbocycles. The second-order valence-corrected chi connectivity index (χ2v) is 5.42. The van der Waals surface area contributed by atoms with Crippen molar-refractivity contribution in [2.45, 2.75) is 43.8 Å². The van der Waals surface area contributed by atoms with Crippen LogP contribution in [0.2, 0.25) is 5.02 Å². The average Bonchev–Trinajstić information content (AvgIpc) is 2.32. The van der Waals surface area contributed by atoms with Gasteiger partial charge >= 0.3 is 0 Å². The van der Waals surface area contributed by atoms with E-state index in [1.54, 1.807) is 7.11 Å². The third kappa shape index (κ3) is 3.44. The molecule has 2 atom stereocenters. The van der Waals surface area contributed by atoms with E-state index in [0.717, 1.165) is 36.3 Å². The summed E-state index contributed by atoms with van der Waals surface area (Å²) in [7, 11) is 1.72. The molecule has 0 heterocycles. The molecule has 0 radical (unpaired) electrons. The number of halogens is 1. The molecule has 0 aromatic heterocycles. The van der Waals surface area contributed by atoms with Crippen molar-refractivity contribution in [1.29, 1.82) is 0 Å². The molecule has 17 heavy (non-hydrogen) atoms. The standard InChI is InChI=1S/C14H19ClO2/c1-17-13-3-2-8-14(16,10-13)9-11-4-6-12(15)7-5-11/h4-7,13,16H,2-3,8-10H2,1H3. The van der Waals surface area contributed by atoms with Gasteiger partial charge in [0.05, 0.1) is 11.7 Å². The molecule has 1 aliphatic rings. The van der Waals surface area contributed by atoms with Crippen LogP contribution in [-0.2, 0) is 11.2 Å². The number of aliphatic hydroxyl groups is 1. The van der Waals surface area contributed by atoms with Crippen LogP contribution >= 0.6 is 11.6 Å². The summed E-state index contributed by atoms with van der Waals surface area (Å²) < 4.78 is 5.36. The maximum atomic E-state index is 10.6. The van der Waals surface area contributed by atoms with E-state index in [1.165, 1.54) is 0 Å². The Morgan fingerprint density at radius 2 is 2.12 bits per heavy atom. The van der Waals surface area contributed by atoms with E-state index in [4.69, 9.17) is 16.3 Å². The molecule has 0 amide bonds. The van der Waals surface area contributed by atoms with Crippen LogP contribution in [0, 0.1) is 0 Å². The van der Waals surface area contributed by atoms with Crippen LogP contribution in [0.1, 0.15) is 31.2 Å². The second-order valence-electron chi connectivity index (χ2n) is 4.98. The Bertz CT molecular complexity index is 363. The van der Waals surface area contributed by atoms with E-state index in [9.17, 15) is 5.11 Å². The van der Waals surface area contributed by atoms with Crippen LogP contribution in [0.25, 0.3) is 0 Å². The summed E-state index contributed by atoms with van der Waals surface area (Å²) in [5.74, 6) is 0. The normalized spacial score (nSPS) is 29.2. The summed E-state index contributed by atoms with van der Waals surface area (Å²) in [5, 5.41) is 11.3. The highest BCUT2D eigenvalue weighted by Crippen LogP contribution is 2.32. The van der Waals surface area contributed by atoms with Gasteiger partial charge < -0.3 is 9.84 Å². The Labute approximate surface area is 108 Å². The molecule has 2 nitrogen and oxygen atoms in total. The quantitative estimate of drug-likeness (QED) is 0.898. The number of methoxy groups -OCH3 is 1. The van der Waals surface area contributed by atoms with E-state index >= 15 is 0 Å². The molecule has 1 fully saturated rings. The first-order valence-corrected chi connectivity index (χ1v) is 6.49. The lowest BCUT2D eigenvalue weighted by atomic mass is 9.79. The molecule has 0 saturated heterocycles. The molecule has 94 valence electrons. The Hall–Kier alpha value is -0.570. The monoisotopic (exact) mass is 254 g/mol. The van der Waals surface area contributed by atoms with Crippen molar-refractivity contribution >= 4 is 11.6 Å². The average molecular weight is 255 g/mol. The van der Waals surface area contributed by atoms with Gasteiger partial charge in [0.2, 0.25) is 0 Å². The van der Waals surface area contributed by atoms with Gasteiger partial charge in [-0.15, -0.1) is 0 Å². The fourth-order valence-electron chi connectivity index (χ4n) is 2.63. The zero-order valence-electron chi connectivity index (χ0n) is 10.2. The van der Waals surface area contributed by atoms with Gasteiger partial charge in [-0.2, -0.15) is 0 Å². The van der Waals surface area contributed by atoms with Crippen molar-refractivity contribution in [2.75, 3.05) is 7.11 Å². The van der Waals surface area contributed by atoms with E-state index in [0.29, 0.717) is 6.42 Å². The smallest absolute Gasteiger partial charge is 0.0712 e. The maximum Gasteiger partial charge on any atom is 0.0712 e. The minimum Gasteiger partial charge on any atom is -0.389 e. The van der Waals surface area contributed by atoms with Crippen molar-refractivity contribution in [2.24, 2.45) is 0 Å². The van der Waals surface area contributed by atoms with Gasteiger partial charge in [-0.3, -0.25) is 0 Å². The van der Waals surface area contributed by atoms with Crippen LogP contribution in [0.5, 0.6) is 0 Å². The molecule has 0 bridgehead atoms. The molecule has 1 saturated carbocycles. The van der Waals surface area contributed by atoms with Crippen molar-refractivity contribution in [3.8, 4) is 0 Å². The lowest BCUT2D eigenvalue weighted by molar-refractivity contribution is -0.0581. The Balaban J connectivity index is 2.03. The van der Waals surface area contributed by atoms with Crippen molar-refractivity contribution in [1.82, 2.24) is 0 Å². The predicted molar refractivity (Wildman–Crippen MR) is 69.4 cm³/mol. The molecule has 0 aliphatic heterocycles. The van der Waals surface area contributed by atoms with Crippen molar-refractivity contribution in [3.05, 3.63) is 34.9 Å². The van der Waals surface area contributed by atoms with Gasteiger partial charge in [-0.05, 0) is 37.0 Å². The van der Waals surface area contributed by atoms with E-state index in [1.807, 2.05) is 24.3 Å². The summed E-state index contributed by atoms with van der Waals surface area (Å²) in [4.78, 5) is 0. The first-order valence-electron chi connectivity index (χ1n) is 6.11. The fourth-order valence-corrected chi connectivity index (χ4v) is 2.76. The molecular weight excluding hydrogens is 236 g/mol. The third-order valence-electron chi connectivity index (χ3n) is 3.56. The highest BCUT2D eigenvalue weighted by atomic mass is 35.5. The van der Waals surface area contributed by atoms with Gasteiger partial charge in [0, 0.05) is 25.0 Å². The Kier molecular flexibility index (Phi) is 4.08. The molecule has 0 spiro atoms. The minimum absolute atomic E-state index is 0.195. The van der Waals surface area contributed by atoms with Crippen LogP contribution < -0.4 is 0 Å². The fraction of sp³-hybridized carbons (Fsp3) is 0.571. The third-order valence-corrected chi connectivity index (χ3v) is 3.81. The molecule has 2 rings (SSSR count). The van der Waals surface area contributed by atoms with Crippen LogP contribution in [-0.4, -0.2) is 23.9 Å². The number of benzene rings is 1. The largest absolute Gasteiger partial charge is 0.389 e. The minimum atomic E-state index is -0.618. The number of hydrogen-bond acceptors (Lipinski definition) is 2. The van der Waals surface area contributed by atoms with Crippen LogP contribution in [0.4, 0.5) is 0 Å². The van der Waals surface area contributed by atoms with Crippen molar-refractivity contribution < 1.29 is 9.84 Å². The summed E-state index contributed by atoms with van der Waals surface area (Å²) in [6, 6.07) is 7.71. The zero-order valence-corrected chi connectivity index (χ0v) is 10.9. The molecule has 1 aromatic carbocycles. The Morgan fingerprint density at radius 1 is 1.41 bits per heavy atom. The van der Waals surface area contributed by atoms with Gasteiger partial charge in [0.15, 0.2) is 0 Å².